The van der Waals surface area contributed by atoms with Crippen LogP contribution in [0.4, 0.5) is 10.1 Å². The van der Waals surface area contributed by atoms with Crippen LogP contribution in [0.2, 0.25) is 0 Å². The van der Waals surface area contributed by atoms with Crippen molar-refractivity contribution in [3.05, 3.63) is 65.1 Å². The Morgan fingerprint density at radius 3 is 2.56 bits per heavy atom. The zero-order valence-electron chi connectivity index (χ0n) is 14.7. The highest BCUT2D eigenvalue weighted by atomic mass is 19.1. The second kappa shape index (κ2) is 7.07. The molecule has 0 saturated heterocycles. The number of rotatable bonds is 5. The number of nitrogens with zero attached hydrogens (tertiary/aromatic N) is 1. The summed E-state index contributed by atoms with van der Waals surface area (Å²) in [4.78, 5) is 17.7. The average Bonchev–Trinajstić information content (AvgIpc) is 2.84. The van der Waals surface area contributed by atoms with Gasteiger partial charge in [-0.15, -0.1) is 0 Å². The standard InChI is InChI=1S/C20H22FN3O/c1-13-17(18-10-15(21)6-9-19(18)22-13)11-20(25)23-16-7-4-14(5-8-16)12-24(2)3/h4-10,22H,11-12H2,1-3H3,(H,23,25). The number of amides is 1. The molecule has 0 fully saturated rings. The molecule has 0 aliphatic heterocycles. The van der Waals surface area contributed by atoms with Crippen molar-refractivity contribution in [2.24, 2.45) is 0 Å². The van der Waals surface area contributed by atoms with Crippen LogP contribution < -0.4 is 5.32 Å². The van der Waals surface area contributed by atoms with Crippen molar-refractivity contribution in [2.45, 2.75) is 19.9 Å². The van der Waals surface area contributed by atoms with Gasteiger partial charge in [-0.2, -0.15) is 0 Å². The fourth-order valence-corrected chi connectivity index (χ4v) is 3.01. The minimum atomic E-state index is -0.301. The third-order valence-corrected chi connectivity index (χ3v) is 4.16. The van der Waals surface area contributed by atoms with Gasteiger partial charge in [0.25, 0.3) is 0 Å². The fraction of sp³-hybridized carbons (Fsp3) is 0.250. The van der Waals surface area contributed by atoms with Crippen LogP contribution in [0.5, 0.6) is 0 Å². The van der Waals surface area contributed by atoms with E-state index in [1.54, 1.807) is 6.07 Å². The van der Waals surface area contributed by atoms with Crippen molar-refractivity contribution in [3.8, 4) is 0 Å². The molecule has 130 valence electrons. The van der Waals surface area contributed by atoms with Gasteiger partial charge in [0.2, 0.25) is 5.91 Å². The summed E-state index contributed by atoms with van der Waals surface area (Å²) in [6.07, 6.45) is 0.203. The molecule has 0 saturated carbocycles. The van der Waals surface area contributed by atoms with Gasteiger partial charge in [-0.3, -0.25) is 4.79 Å². The van der Waals surface area contributed by atoms with Crippen LogP contribution in [0, 0.1) is 12.7 Å². The molecule has 0 spiro atoms. The highest BCUT2D eigenvalue weighted by Crippen LogP contribution is 2.24. The molecule has 3 aromatic rings. The summed E-state index contributed by atoms with van der Waals surface area (Å²) in [5.41, 5.74) is 4.50. The molecule has 2 aromatic carbocycles. The zero-order chi connectivity index (χ0) is 18.0. The smallest absolute Gasteiger partial charge is 0.228 e. The van der Waals surface area contributed by atoms with Gasteiger partial charge in [-0.25, -0.2) is 4.39 Å². The molecule has 0 radical (unpaired) electrons. The van der Waals surface area contributed by atoms with Crippen molar-refractivity contribution in [2.75, 3.05) is 19.4 Å². The molecule has 1 heterocycles. The lowest BCUT2D eigenvalue weighted by atomic mass is 10.1. The predicted molar refractivity (Wildman–Crippen MR) is 99.2 cm³/mol. The van der Waals surface area contributed by atoms with E-state index in [1.165, 1.54) is 17.7 Å². The topological polar surface area (TPSA) is 48.1 Å². The van der Waals surface area contributed by atoms with Gasteiger partial charge in [-0.05, 0) is 62.5 Å². The second-order valence-electron chi connectivity index (χ2n) is 6.58. The van der Waals surface area contributed by atoms with Crippen LogP contribution >= 0.6 is 0 Å². The first-order chi connectivity index (χ1) is 11.9. The predicted octanol–water partition coefficient (Wildman–Crippen LogP) is 3.86. The summed E-state index contributed by atoms with van der Waals surface area (Å²) in [7, 11) is 4.03. The molecule has 1 amide bonds. The first-order valence-corrected chi connectivity index (χ1v) is 8.22. The number of H-pyrrole nitrogens is 1. The van der Waals surface area contributed by atoms with Crippen LogP contribution in [0.15, 0.2) is 42.5 Å². The first kappa shape index (κ1) is 17.2. The molecule has 5 heteroatoms. The van der Waals surface area contributed by atoms with Gasteiger partial charge in [0.1, 0.15) is 5.82 Å². The van der Waals surface area contributed by atoms with Crippen LogP contribution in [-0.2, 0) is 17.8 Å². The number of carbonyl (C=O) groups is 1. The quantitative estimate of drug-likeness (QED) is 0.741. The first-order valence-electron chi connectivity index (χ1n) is 8.22. The fourth-order valence-electron chi connectivity index (χ4n) is 3.01. The van der Waals surface area contributed by atoms with Gasteiger partial charge >= 0.3 is 0 Å². The maximum Gasteiger partial charge on any atom is 0.228 e. The Bertz CT molecular complexity index is 897. The lowest BCUT2D eigenvalue weighted by molar-refractivity contribution is -0.115. The maximum atomic E-state index is 13.5. The van der Waals surface area contributed by atoms with E-state index in [0.717, 1.165) is 34.4 Å². The Labute approximate surface area is 146 Å². The number of fused-ring (bicyclic) bond motifs is 1. The SMILES string of the molecule is Cc1[nH]c2ccc(F)cc2c1CC(=O)Nc1ccc(CN(C)C)cc1. The van der Waals surface area contributed by atoms with Crippen LogP contribution in [0.3, 0.4) is 0 Å². The Kier molecular flexibility index (Phi) is 4.86. The maximum absolute atomic E-state index is 13.5. The monoisotopic (exact) mass is 339 g/mol. The zero-order valence-corrected chi connectivity index (χ0v) is 14.7. The number of hydrogen-bond acceptors (Lipinski definition) is 2. The molecule has 0 unspecified atom stereocenters. The van der Waals surface area contributed by atoms with Crippen LogP contribution in [0.1, 0.15) is 16.8 Å². The van der Waals surface area contributed by atoms with E-state index in [2.05, 4.69) is 15.2 Å². The molecule has 4 nitrogen and oxygen atoms in total. The Morgan fingerprint density at radius 2 is 1.88 bits per heavy atom. The van der Waals surface area contributed by atoms with Crippen molar-refractivity contribution in [1.82, 2.24) is 9.88 Å². The van der Waals surface area contributed by atoms with Crippen molar-refractivity contribution in [3.63, 3.8) is 0 Å². The third-order valence-electron chi connectivity index (χ3n) is 4.16. The van der Waals surface area contributed by atoms with Crippen molar-refractivity contribution < 1.29 is 9.18 Å². The number of aromatic nitrogens is 1. The molecule has 0 aliphatic rings. The van der Waals surface area contributed by atoms with Crippen LogP contribution in [-0.4, -0.2) is 29.9 Å². The van der Waals surface area contributed by atoms with E-state index >= 15 is 0 Å². The van der Waals surface area contributed by atoms with Gasteiger partial charge in [0, 0.05) is 28.8 Å². The van der Waals surface area contributed by atoms with E-state index in [-0.39, 0.29) is 18.1 Å². The average molecular weight is 339 g/mol. The van der Waals surface area contributed by atoms with Gasteiger partial charge in [0.05, 0.1) is 6.42 Å². The summed E-state index contributed by atoms with van der Waals surface area (Å²) in [6, 6.07) is 12.4. The van der Waals surface area contributed by atoms with Gasteiger partial charge in [0.15, 0.2) is 0 Å². The minimum absolute atomic E-state index is 0.117. The van der Waals surface area contributed by atoms with E-state index in [9.17, 15) is 9.18 Å². The minimum Gasteiger partial charge on any atom is -0.358 e. The summed E-state index contributed by atoms with van der Waals surface area (Å²) in [6.45, 7) is 2.75. The molecule has 0 bridgehead atoms. The number of aromatic amines is 1. The molecule has 2 N–H and O–H groups in total. The summed E-state index contributed by atoms with van der Waals surface area (Å²) in [5, 5.41) is 3.67. The number of aryl methyl sites for hydroxylation is 1. The third kappa shape index (κ3) is 4.06. The van der Waals surface area contributed by atoms with E-state index in [4.69, 9.17) is 0 Å². The largest absolute Gasteiger partial charge is 0.358 e. The van der Waals surface area contributed by atoms with Gasteiger partial charge < -0.3 is 15.2 Å². The molecule has 3 rings (SSSR count). The number of hydrogen-bond donors (Lipinski definition) is 2. The van der Waals surface area contributed by atoms with E-state index in [1.807, 2.05) is 45.3 Å². The summed E-state index contributed by atoms with van der Waals surface area (Å²) >= 11 is 0. The number of benzene rings is 2. The Hall–Kier alpha value is -2.66. The Morgan fingerprint density at radius 1 is 1.16 bits per heavy atom. The molecule has 1 aromatic heterocycles. The normalized spacial score (nSPS) is 11.2. The molecule has 0 atom stereocenters. The molecule has 0 aliphatic carbocycles. The highest BCUT2D eigenvalue weighted by molar-refractivity contribution is 5.96. The van der Waals surface area contributed by atoms with Crippen molar-refractivity contribution in [1.29, 1.82) is 0 Å². The second-order valence-corrected chi connectivity index (χ2v) is 6.58. The number of nitrogens with one attached hydrogen (secondary N) is 2. The number of anilines is 1. The number of halogens is 1. The molecular weight excluding hydrogens is 317 g/mol. The van der Waals surface area contributed by atoms with E-state index in [0.29, 0.717) is 0 Å². The summed E-state index contributed by atoms with van der Waals surface area (Å²) < 4.78 is 13.5. The molecular formula is C20H22FN3O. The van der Waals surface area contributed by atoms with Crippen molar-refractivity contribution >= 4 is 22.5 Å². The molecule has 25 heavy (non-hydrogen) atoms. The van der Waals surface area contributed by atoms with Crippen LogP contribution in [0.25, 0.3) is 10.9 Å². The Balaban J connectivity index is 1.72. The number of carbonyl (C=O) groups excluding carboxylic acids is 1. The van der Waals surface area contributed by atoms with E-state index < -0.39 is 0 Å². The lowest BCUT2D eigenvalue weighted by Gasteiger charge is -2.10. The highest BCUT2D eigenvalue weighted by Gasteiger charge is 2.13. The summed E-state index contributed by atoms with van der Waals surface area (Å²) in [5.74, 6) is -0.418. The van der Waals surface area contributed by atoms with Gasteiger partial charge in [-0.1, -0.05) is 12.1 Å². The lowest BCUT2D eigenvalue weighted by Crippen LogP contribution is -2.15.